The van der Waals surface area contributed by atoms with Crippen LogP contribution >= 0.6 is 0 Å². The predicted octanol–water partition coefficient (Wildman–Crippen LogP) is 1.41. The summed E-state index contributed by atoms with van der Waals surface area (Å²) in [6, 6.07) is 0. The molecule has 0 aliphatic heterocycles. The van der Waals surface area contributed by atoms with Gasteiger partial charge >= 0.3 is 0 Å². The van der Waals surface area contributed by atoms with E-state index in [4.69, 9.17) is 4.74 Å². The van der Waals surface area contributed by atoms with E-state index in [1.165, 1.54) is 32.2 Å². The van der Waals surface area contributed by atoms with Crippen LogP contribution in [-0.2, 0) is 4.74 Å². The predicted molar refractivity (Wildman–Crippen MR) is 49.1 cm³/mol. The second kappa shape index (κ2) is 4.24. The van der Waals surface area contributed by atoms with Crippen molar-refractivity contribution in [3.63, 3.8) is 0 Å². The summed E-state index contributed by atoms with van der Waals surface area (Å²) < 4.78 is 5.50. The molecule has 2 heteroatoms. The van der Waals surface area contributed by atoms with Gasteiger partial charge < -0.3 is 10.1 Å². The summed E-state index contributed by atoms with van der Waals surface area (Å²) >= 11 is 0. The lowest BCUT2D eigenvalue weighted by atomic mass is 10.4. The summed E-state index contributed by atoms with van der Waals surface area (Å²) in [5, 5.41) is 3.42. The fourth-order valence-electron chi connectivity index (χ4n) is 1.31. The van der Waals surface area contributed by atoms with Crippen molar-refractivity contribution >= 4 is 0 Å². The van der Waals surface area contributed by atoms with Crippen LogP contribution in [-0.4, -0.2) is 26.3 Å². The average molecular weight is 169 g/mol. The van der Waals surface area contributed by atoms with Gasteiger partial charge in [0.1, 0.15) is 0 Å². The van der Waals surface area contributed by atoms with Gasteiger partial charge in [-0.25, -0.2) is 0 Å². The third-order valence-corrected chi connectivity index (χ3v) is 2.60. The van der Waals surface area contributed by atoms with E-state index >= 15 is 0 Å². The second-order valence-electron chi connectivity index (χ2n) is 4.17. The first-order chi connectivity index (χ1) is 5.95. The van der Waals surface area contributed by atoms with E-state index in [1.54, 1.807) is 0 Å². The Morgan fingerprint density at radius 2 is 1.83 bits per heavy atom. The molecule has 0 saturated heterocycles. The Kier molecular flexibility index (Phi) is 3.01. The fourth-order valence-corrected chi connectivity index (χ4v) is 1.31. The van der Waals surface area contributed by atoms with Gasteiger partial charge in [0.2, 0.25) is 0 Å². The van der Waals surface area contributed by atoms with Crippen LogP contribution in [0.3, 0.4) is 0 Å². The zero-order chi connectivity index (χ0) is 8.23. The first-order valence-corrected chi connectivity index (χ1v) is 5.23. The molecule has 70 valence electrons. The molecule has 0 bridgehead atoms. The fraction of sp³-hybridized carbons (Fsp3) is 1.00. The van der Waals surface area contributed by atoms with Crippen molar-refractivity contribution in [2.24, 2.45) is 11.8 Å². The van der Waals surface area contributed by atoms with Crippen LogP contribution < -0.4 is 5.32 Å². The van der Waals surface area contributed by atoms with E-state index in [0.717, 1.165) is 31.6 Å². The summed E-state index contributed by atoms with van der Waals surface area (Å²) in [6.45, 7) is 4.17. The molecule has 2 aliphatic carbocycles. The SMILES string of the molecule is C(COCC1CC1)NCC1CC1. The quantitative estimate of drug-likeness (QED) is 0.582. The molecule has 0 unspecified atom stereocenters. The molecule has 0 amide bonds. The van der Waals surface area contributed by atoms with Gasteiger partial charge in [0.15, 0.2) is 0 Å². The molecule has 0 radical (unpaired) electrons. The third-order valence-electron chi connectivity index (χ3n) is 2.60. The minimum atomic E-state index is 0.906. The number of rotatable bonds is 7. The summed E-state index contributed by atoms with van der Waals surface area (Å²) in [6.07, 6.45) is 5.68. The molecular weight excluding hydrogens is 150 g/mol. The first-order valence-electron chi connectivity index (χ1n) is 5.23. The van der Waals surface area contributed by atoms with Crippen LogP contribution in [0.5, 0.6) is 0 Å². The van der Waals surface area contributed by atoms with Crippen LogP contribution in [0, 0.1) is 11.8 Å². The molecule has 0 atom stereocenters. The Labute approximate surface area is 74.7 Å². The highest BCUT2D eigenvalue weighted by Crippen LogP contribution is 2.28. The summed E-state index contributed by atoms with van der Waals surface area (Å²) in [5.41, 5.74) is 0. The Morgan fingerprint density at radius 1 is 1.08 bits per heavy atom. The highest BCUT2D eigenvalue weighted by Gasteiger charge is 2.21. The lowest BCUT2D eigenvalue weighted by molar-refractivity contribution is 0.126. The Balaban J connectivity index is 1.31. The summed E-state index contributed by atoms with van der Waals surface area (Å²) in [7, 11) is 0. The lowest BCUT2D eigenvalue weighted by Crippen LogP contribution is -2.22. The monoisotopic (exact) mass is 169 g/mol. The van der Waals surface area contributed by atoms with Crippen LogP contribution in [0.4, 0.5) is 0 Å². The van der Waals surface area contributed by atoms with E-state index < -0.39 is 0 Å². The smallest absolute Gasteiger partial charge is 0.0591 e. The van der Waals surface area contributed by atoms with Crippen LogP contribution in [0.2, 0.25) is 0 Å². The van der Waals surface area contributed by atoms with Crippen molar-refractivity contribution in [1.29, 1.82) is 0 Å². The Hall–Kier alpha value is -0.0800. The topological polar surface area (TPSA) is 21.3 Å². The van der Waals surface area contributed by atoms with Crippen molar-refractivity contribution < 1.29 is 4.74 Å². The van der Waals surface area contributed by atoms with Gasteiger partial charge in [-0.2, -0.15) is 0 Å². The Bertz CT molecular complexity index is 114. The first kappa shape index (κ1) is 8.52. The minimum Gasteiger partial charge on any atom is -0.380 e. The Morgan fingerprint density at radius 3 is 2.50 bits per heavy atom. The van der Waals surface area contributed by atoms with Gasteiger partial charge in [0.25, 0.3) is 0 Å². The molecule has 0 heterocycles. The van der Waals surface area contributed by atoms with Gasteiger partial charge in [-0.05, 0) is 44.1 Å². The number of nitrogens with one attached hydrogen (secondary N) is 1. The summed E-state index contributed by atoms with van der Waals surface area (Å²) in [4.78, 5) is 0. The van der Waals surface area contributed by atoms with E-state index in [0.29, 0.717) is 0 Å². The number of ether oxygens (including phenoxy) is 1. The van der Waals surface area contributed by atoms with Crippen molar-refractivity contribution in [3.8, 4) is 0 Å². The lowest BCUT2D eigenvalue weighted by Gasteiger charge is -2.04. The molecule has 2 saturated carbocycles. The second-order valence-corrected chi connectivity index (χ2v) is 4.17. The molecule has 2 rings (SSSR count). The molecule has 0 aromatic heterocycles. The number of hydrogen-bond donors (Lipinski definition) is 1. The van der Waals surface area contributed by atoms with Gasteiger partial charge in [0, 0.05) is 13.2 Å². The average Bonchev–Trinajstić information content (AvgIpc) is 2.89. The van der Waals surface area contributed by atoms with Gasteiger partial charge in [0.05, 0.1) is 6.61 Å². The zero-order valence-corrected chi connectivity index (χ0v) is 7.72. The molecule has 1 N–H and O–H groups in total. The van der Waals surface area contributed by atoms with E-state index in [-0.39, 0.29) is 0 Å². The van der Waals surface area contributed by atoms with Gasteiger partial charge in [-0.1, -0.05) is 0 Å². The van der Waals surface area contributed by atoms with Crippen molar-refractivity contribution in [2.75, 3.05) is 26.3 Å². The van der Waals surface area contributed by atoms with E-state index in [2.05, 4.69) is 5.32 Å². The number of hydrogen-bond acceptors (Lipinski definition) is 2. The van der Waals surface area contributed by atoms with E-state index in [1.807, 2.05) is 0 Å². The van der Waals surface area contributed by atoms with Crippen molar-refractivity contribution in [2.45, 2.75) is 25.7 Å². The maximum atomic E-state index is 5.50. The minimum absolute atomic E-state index is 0.906. The highest BCUT2D eigenvalue weighted by atomic mass is 16.5. The summed E-state index contributed by atoms with van der Waals surface area (Å²) in [5.74, 6) is 1.90. The zero-order valence-electron chi connectivity index (χ0n) is 7.72. The molecule has 2 aliphatic rings. The third kappa shape index (κ3) is 3.55. The van der Waals surface area contributed by atoms with Crippen LogP contribution in [0.15, 0.2) is 0 Å². The van der Waals surface area contributed by atoms with Gasteiger partial charge in [-0.3, -0.25) is 0 Å². The maximum Gasteiger partial charge on any atom is 0.0591 e. The molecule has 0 aromatic rings. The van der Waals surface area contributed by atoms with Crippen LogP contribution in [0.1, 0.15) is 25.7 Å². The van der Waals surface area contributed by atoms with Crippen molar-refractivity contribution in [1.82, 2.24) is 5.32 Å². The van der Waals surface area contributed by atoms with Crippen molar-refractivity contribution in [3.05, 3.63) is 0 Å². The molecule has 0 spiro atoms. The molecule has 2 nitrogen and oxygen atoms in total. The molecular formula is C10H19NO. The molecule has 12 heavy (non-hydrogen) atoms. The van der Waals surface area contributed by atoms with E-state index in [9.17, 15) is 0 Å². The highest BCUT2D eigenvalue weighted by molar-refractivity contribution is 4.75. The van der Waals surface area contributed by atoms with Crippen LogP contribution in [0.25, 0.3) is 0 Å². The molecule has 0 aromatic carbocycles. The van der Waals surface area contributed by atoms with Gasteiger partial charge in [-0.15, -0.1) is 0 Å². The molecule has 2 fully saturated rings. The standard InChI is InChI=1S/C10H19NO/c1-2-9(1)7-11-5-6-12-8-10-3-4-10/h9-11H,1-8H2. The largest absolute Gasteiger partial charge is 0.380 e. The normalized spacial score (nSPS) is 23.0. The maximum absolute atomic E-state index is 5.50.